The average Bonchev–Trinajstić information content (AvgIpc) is 3.10. The highest BCUT2D eigenvalue weighted by atomic mass is 19.3. The van der Waals surface area contributed by atoms with Crippen LogP contribution >= 0.6 is 0 Å². The first kappa shape index (κ1) is 15.9. The van der Waals surface area contributed by atoms with Gasteiger partial charge in [0.05, 0.1) is 11.9 Å². The first-order valence-electron chi connectivity index (χ1n) is 6.68. The molecule has 0 aliphatic heterocycles. The minimum Gasteiger partial charge on any atom is -0.384 e. The van der Waals surface area contributed by atoms with Gasteiger partial charge in [0, 0.05) is 11.8 Å². The molecule has 3 aromatic rings. The molecular weight excluding hydrogens is 327 g/mol. The molecule has 0 fully saturated rings. The fraction of sp³-hybridized carbons (Fsp3) is 0.231. The molecule has 1 N–H and O–H groups in total. The first-order chi connectivity index (χ1) is 11.6. The number of alkyl halides is 2. The van der Waals surface area contributed by atoms with Crippen molar-refractivity contribution in [2.24, 2.45) is 0 Å². The minimum atomic E-state index is -3.03. The monoisotopic (exact) mass is 337 g/mol. The molecule has 0 saturated carbocycles. The van der Waals surface area contributed by atoms with Crippen molar-refractivity contribution in [3.63, 3.8) is 0 Å². The standard InChI is InChI=1S/C13H10F3N7O/c14-8-4-17-5-19-10(8)7-1-2-9(18-3-7)11(12(24)13(15)16)23-6-20-21-22-23/h1-6,11-13,24H. The molecule has 0 radical (unpaired) electrons. The lowest BCUT2D eigenvalue weighted by Crippen LogP contribution is -2.32. The number of aliphatic hydroxyl groups excluding tert-OH is 1. The van der Waals surface area contributed by atoms with E-state index in [4.69, 9.17) is 0 Å². The summed E-state index contributed by atoms with van der Waals surface area (Å²) in [6.45, 7) is 0. The highest BCUT2D eigenvalue weighted by Crippen LogP contribution is 2.25. The molecule has 3 rings (SSSR count). The van der Waals surface area contributed by atoms with Crippen molar-refractivity contribution in [1.82, 2.24) is 35.2 Å². The SMILES string of the molecule is OC(C(F)F)C(c1ccc(-c2ncncc2F)cn1)n1cnnn1. The Labute approximate surface area is 133 Å². The van der Waals surface area contributed by atoms with E-state index in [-0.39, 0.29) is 11.4 Å². The summed E-state index contributed by atoms with van der Waals surface area (Å²) in [6, 6.07) is 1.53. The lowest BCUT2D eigenvalue weighted by molar-refractivity contribution is -0.0292. The van der Waals surface area contributed by atoms with Crippen molar-refractivity contribution < 1.29 is 18.3 Å². The van der Waals surface area contributed by atoms with Crippen LogP contribution in [0.4, 0.5) is 13.2 Å². The van der Waals surface area contributed by atoms with Gasteiger partial charge < -0.3 is 5.11 Å². The van der Waals surface area contributed by atoms with Gasteiger partial charge in [-0.05, 0) is 22.6 Å². The first-order valence-corrected chi connectivity index (χ1v) is 6.68. The van der Waals surface area contributed by atoms with E-state index in [1.54, 1.807) is 0 Å². The number of tetrazole rings is 1. The zero-order valence-electron chi connectivity index (χ0n) is 11.9. The number of pyridine rings is 1. The second kappa shape index (κ2) is 6.66. The van der Waals surface area contributed by atoms with E-state index in [2.05, 4.69) is 30.5 Å². The summed E-state index contributed by atoms with van der Waals surface area (Å²) in [5.41, 5.74) is 0.450. The third-order valence-corrected chi connectivity index (χ3v) is 3.26. The number of aromatic nitrogens is 7. The van der Waals surface area contributed by atoms with Crippen molar-refractivity contribution in [2.75, 3.05) is 0 Å². The van der Waals surface area contributed by atoms with Crippen molar-refractivity contribution >= 4 is 0 Å². The summed E-state index contributed by atoms with van der Waals surface area (Å²) in [6.07, 6.45) is -0.563. The van der Waals surface area contributed by atoms with Gasteiger partial charge in [-0.25, -0.2) is 27.8 Å². The molecule has 8 nitrogen and oxygen atoms in total. The Hall–Kier alpha value is -2.95. The van der Waals surface area contributed by atoms with Gasteiger partial charge in [0.15, 0.2) is 5.82 Å². The van der Waals surface area contributed by atoms with E-state index >= 15 is 0 Å². The summed E-state index contributed by atoms with van der Waals surface area (Å²) in [7, 11) is 0. The number of hydrogen-bond donors (Lipinski definition) is 1. The number of hydrogen-bond acceptors (Lipinski definition) is 7. The number of halogens is 3. The van der Waals surface area contributed by atoms with Gasteiger partial charge in [-0.1, -0.05) is 0 Å². The van der Waals surface area contributed by atoms with E-state index in [1.807, 2.05) is 0 Å². The molecule has 0 bridgehead atoms. The third kappa shape index (κ3) is 3.06. The van der Waals surface area contributed by atoms with E-state index in [1.165, 1.54) is 24.7 Å². The molecule has 0 aliphatic rings. The smallest absolute Gasteiger partial charge is 0.266 e. The van der Waals surface area contributed by atoms with Crippen molar-refractivity contribution in [2.45, 2.75) is 18.6 Å². The molecule has 3 aromatic heterocycles. The van der Waals surface area contributed by atoms with Crippen LogP contribution < -0.4 is 0 Å². The average molecular weight is 337 g/mol. The van der Waals surface area contributed by atoms with Crippen LogP contribution in [0.15, 0.2) is 37.2 Å². The van der Waals surface area contributed by atoms with Gasteiger partial charge in [0.1, 0.15) is 30.5 Å². The van der Waals surface area contributed by atoms with Crippen LogP contribution in [0.3, 0.4) is 0 Å². The molecule has 11 heteroatoms. The Morgan fingerprint density at radius 1 is 1.12 bits per heavy atom. The molecule has 0 spiro atoms. The van der Waals surface area contributed by atoms with Gasteiger partial charge in [0.25, 0.3) is 6.43 Å². The summed E-state index contributed by atoms with van der Waals surface area (Å²) in [4.78, 5) is 11.4. The Balaban J connectivity index is 1.97. The summed E-state index contributed by atoms with van der Waals surface area (Å²) < 4.78 is 40.5. The molecule has 3 heterocycles. The zero-order valence-corrected chi connectivity index (χ0v) is 11.9. The maximum absolute atomic E-state index is 13.7. The molecule has 2 unspecified atom stereocenters. The maximum atomic E-state index is 13.7. The lowest BCUT2D eigenvalue weighted by Gasteiger charge is -2.21. The Bertz CT molecular complexity index is 798. The number of aliphatic hydroxyl groups is 1. The molecule has 0 amide bonds. The summed E-state index contributed by atoms with van der Waals surface area (Å²) in [5, 5.41) is 20.0. The van der Waals surface area contributed by atoms with E-state index in [9.17, 15) is 18.3 Å². The van der Waals surface area contributed by atoms with Gasteiger partial charge in [-0.3, -0.25) is 4.98 Å². The van der Waals surface area contributed by atoms with Gasteiger partial charge >= 0.3 is 0 Å². The van der Waals surface area contributed by atoms with Crippen LogP contribution in [0, 0.1) is 5.82 Å². The van der Waals surface area contributed by atoms with Crippen LogP contribution in [-0.2, 0) is 0 Å². The van der Waals surface area contributed by atoms with Crippen LogP contribution in [0.25, 0.3) is 11.3 Å². The minimum absolute atomic E-state index is 0.0254. The highest BCUT2D eigenvalue weighted by Gasteiger charge is 2.32. The molecule has 0 aliphatic carbocycles. The molecule has 0 aromatic carbocycles. The van der Waals surface area contributed by atoms with Crippen LogP contribution in [0.1, 0.15) is 11.7 Å². The third-order valence-electron chi connectivity index (χ3n) is 3.26. The fourth-order valence-corrected chi connectivity index (χ4v) is 2.15. The van der Waals surface area contributed by atoms with Crippen molar-refractivity contribution in [3.05, 3.63) is 48.7 Å². The normalized spacial score (nSPS) is 13.9. The van der Waals surface area contributed by atoms with Crippen molar-refractivity contribution in [1.29, 1.82) is 0 Å². The highest BCUT2D eigenvalue weighted by molar-refractivity contribution is 5.57. The van der Waals surface area contributed by atoms with E-state index < -0.39 is 24.4 Å². The molecule has 124 valence electrons. The van der Waals surface area contributed by atoms with Crippen molar-refractivity contribution in [3.8, 4) is 11.3 Å². The quantitative estimate of drug-likeness (QED) is 0.737. The summed E-state index contributed by atoms with van der Waals surface area (Å²) >= 11 is 0. The van der Waals surface area contributed by atoms with Crippen LogP contribution in [-0.4, -0.2) is 52.8 Å². The van der Waals surface area contributed by atoms with Crippen LogP contribution in [0.2, 0.25) is 0 Å². The molecule has 2 atom stereocenters. The zero-order chi connectivity index (χ0) is 17.1. The van der Waals surface area contributed by atoms with Gasteiger partial charge in [0.2, 0.25) is 0 Å². The van der Waals surface area contributed by atoms with E-state index in [0.717, 1.165) is 17.2 Å². The van der Waals surface area contributed by atoms with Gasteiger partial charge in [-0.2, -0.15) is 0 Å². The second-order valence-corrected chi connectivity index (χ2v) is 4.75. The Kier molecular flexibility index (Phi) is 4.42. The van der Waals surface area contributed by atoms with Crippen LogP contribution in [0.5, 0.6) is 0 Å². The predicted octanol–water partition coefficient (Wildman–Crippen LogP) is 0.880. The molecule has 0 saturated heterocycles. The fourth-order valence-electron chi connectivity index (χ4n) is 2.15. The largest absolute Gasteiger partial charge is 0.384 e. The maximum Gasteiger partial charge on any atom is 0.266 e. The second-order valence-electron chi connectivity index (χ2n) is 4.75. The van der Waals surface area contributed by atoms with Gasteiger partial charge in [-0.15, -0.1) is 5.10 Å². The Morgan fingerprint density at radius 3 is 2.54 bits per heavy atom. The number of nitrogens with zero attached hydrogens (tertiary/aromatic N) is 7. The molecular formula is C13H10F3N7O. The predicted molar refractivity (Wildman–Crippen MR) is 73.2 cm³/mol. The summed E-state index contributed by atoms with van der Waals surface area (Å²) in [5.74, 6) is -0.642. The van der Waals surface area contributed by atoms with E-state index in [0.29, 0.717) is 5.56 Å². The topological polar surface area (TPSA) is 102 Å². The Morgan fingerprint density at radius 2 is 1.96 bits per heavy atom. The lowest BCUT2D eigenvalue weighted by atomic mass is 10.1. The molecule has 24 heavy (non-hydrogen) atoms. The number of rotatable bonds is 5.